The fourth-order valence-electron chi connectivity index (χ4n) is 0.698. The first kappa shape index (κ1) is 8.23. The van der Waals surface area contributed by atoms with Crippen LogP contribution < -0.4 is 5.56 Å². The molecule has 0 saturated heterocycles. The third-order valence-corrected chi connectivity index (χ3v) is 1.42. The number of aliphatic hydroxyl groups is 1. The summed E-state index contributed by atoms with van der Waals surface area (Å²) in [6.07, 6.45) is 1.66. The monoisotopic (exact) mass is 174 g/mol. The van der Waals surface area contributed by atoms with Gasteiger partial charge in [-0.2, -0.15) is 0 Å². The van der Waals surface area contributed by atoms with Crippen LogP contribution in [0.15, 0.2) is 11.0 Å². The summed E-state index contributed by atoms with van der Waals surface area (Å²) in [6, 6.07) is 0. The van der Waals surface area contributed by atoms with Crippen molar-refractivity contribution in [1.82, 2.24) is 9.97 Å². The van der Waals surface area contributed by atoms with E-state index in [9.17, 15) is 4.79 Å². The average molecular weight is 175 g/mol. The second kappa shape index (κ2) is 3.50. The van der Waals surface area contributed by atoms with Crippen LogP contribution in [-0.2, 0) is 6.42 Å². The summed E-state index contributed by atoms with van der Waals surface area (Å²) in [7, 11) is 0. The highest BCUT2D eigenvalue weighted by Gasteiger charge is 1.98. The molecule has 0 fully saturated rings. The zero-order chi connectivity index (χ0) is 8.27. The molecule has 1 aromatic heterocycles. The van der Waals surface area contributed by atoms with Gasteiger partial charge in [0, 0.05) is 24.8 Å². The van der Waals surface area contributed by atoms with Crippen LogP contribution in [0, 0.1) is 0 Å². The second-order valence-electron chi connectivity index (χ2n) is 2.00. The van der Waals surface area contributed by atoms with Gasteiger partial charge < -0.3 is 5.11 Å². The summed E-state index contributed by atoms with van der Waals surface area (Å²) in [5.41, 5.74) is 0.149. The van der Waals surface area contributed by atoms with Gasteiger partial charge in [0.1, 0.15) is 0 Å². The zero-order valence-corrected chi connectivity index (χ0v) is 6.43. The molecule has 0 spiro atoms. The SMILES string of the molecule is O=c1[nH]c(Cl)ncc1CCO. The Hall–Kier alpha value is -0.870. The van der Waals surface area contributed by atoms with E-state index in [0.29, 0.717) is 12.0 Å². The fraction of sp³-hybridized carbons (Fsp3) is 0.333. The Morgan fingerprint density at radius 3 is 3.00 bits per heavy atom. The molecular weight excluding hydrogens is 168 g/mol. The number of nitrogens with zero attached hydrogens (tertiary/aromatic N) is 1. The Balaban J connectivity index is 3.00. The van der Waals surface area contributed by atoms with Crippen LogP contribution in [0.4, 0.5) is 0 Å². The molecule has 0 saturated carbocycles. The molecule has 1 heterocycles. The van der Waals surface area contributed by atoms with Crippen molar-refractivity contribution in [1.29, 1.82) is 0 Å². The van der Waals surface area contributed by atoms with Gasteiger partial charge >= 0.3 is 0 Å². The van der Waals surface area contributed by atoms with E-state index in [-0.39, 0.29) is 17.4 Å². The van der Waals surface area contributed by atoms with Crippen molar-refractivity contribution in [2.45, 2.75) is 6.42 Å². The molecule has 4 nitrogen and oxygen atoms in total. The minimum atomic E-state index is -0.293. The lowest BCUT2D eigenvalue weighted by Crippen LogP contribution is -2.14. The highest BCUT2D eigenvalue weighted by Crippen LogP contribution is 1.95. The van der Waals surface area contributed by atoms with E-state index in [0.717, 1.165) is 0 Å². The molecule has 0 aliphatic rings. The molecule has 0 aliphatic carbocycles. The van der Waals surface area contributed by atoms with Crippen molar-refractivity contribution in [2.24, 2.45) is 0 Å². The topological polar surface area (TPSA) is 66.0 Å². The predicted octanol–water partition coefficient (Wildman–Crippen LogP) is -0.0419. The summed E-state index contributed by atoms with van der Waals surface area (Å²) in [4.78, 5) is 16.9. The summed E-state index contributed by atoms with van der Waals surface area (Å²) in [5, 5.41) is 8.57. The number of halogens is 1. The molecule has 0 bridgehead atoms. The summed E-state index contributed by atoms with van der Waals surface area (Å²) < 4.78 is 0. The van der Waals surface area contributed by atoms with Crippen molar-refractivity contribution >= 4 is 11.6 Å². The van der Waals surface area contributed by atoms with Gasteiger partial charge in [-0.1, -0.05) is 0 Å². The van der Waals surface area contributed by atoms with Gasteiger partial charge in [0.2, 0.25) is 5.28 Å². The maximum atomic E-state index is 10.9. The maximum absolute atomic E-state index is 10.9. The van der Waals surface area contributed by atoms with Gasteiger partial charge in [-0.15, -0.1) is 0 Å². The number of hydrogen-bond acceptors (Lipinski definition) is 3. The lowest BCUT2D eigenvalue weighted by Gasteiger charge is -1.94. The number of rotatable bonds is 2. The molecule has 1 rings (SSSR count). The molecular formula is C6H7ClN2O2. The third kappa shape index (κ3) is 2.03. The number of H-pyrrole nitrogens is 1. The number of aromatic nitrogens is 2. The normalized spacial score (nSPS) is 10.0. The molecule has 0 aromatic carbocycles. The predicted molar refractivity (Wildman–Crippen MR) is 40.7 cm³/mol. The maximum Gasteiger partial charge on any atom is 0.255 e. The minimum absolute atomic E-state index is 0.0631. The first-order valence-electron chi connectivity index (χ1n) is 3.08. The highest BCUT2D eigenvalue weighted by molar-refractivity contribution is 6.28. The minimum Gasteiger partial charge on any atom is -0.396 e. The molecule has 5 heteroatoms. The Morgan fingerprint density at radius 1 is 1.73 bits per heavy atom. The van der Waals surface area contributed by atoms with E-state index < -0.39 is 0 Å². The average Bonchev–Trinajstić information content (AvgIpc) is 1.95. The smallest absolute Gasteiger partial charge is 0.255 e. The zero-order valence-electron chi connectivity index (χ0n) is 5.67. The molecule has 0 aliphatic heterocycles. The standard InChI is InChI=1S/C6H7ClN2O2/c7-6-8-3-4(1-2-10)5(11)9-6/h3,10H,1-2H2,(H,8,9,11). The van der Waals surface area contributed by atoms with Crippen molar-refractivity contribution in [3.63, 3.8) is 0 Å². The van der Waals surface area contributed by atoms with Gasteiger partial charge in [-0.3, -0.25) is 9.78 Å². The first-order chi connectivity index (χ1) is 5.24. The van der Waals surface area contributed by atoms with E-state index >= 15 is 0 Å². The lowest BCUT2D eigenvalue weighted by atomic mass is 10.2. The van der Waals surface area contributed by atoms with Crippen LogP contribution in [0.5, 0.6) is 0 Å². The van der Waals surface area contributed by atoms with Gasteiger partial charge in [0.15, 0.2) is 0 Å². The van der Waals surface area contributed by atoms with E-state index in [1.807, 2.05) is 0 Å². The van der Waals surface area contributed by atoms with E-state index in [1.165, 1.54) is 6.20 Å². The van der Waals surface area contributed by atoms with Gasteiger partial charge in [0.05, 0.1) is 0 Å². The van der Waals surface area contributed by atoms with E-state index in [2.05, 4.69) is 9.97 Å². The molecule has 1 aromatic rings. The third-order valence-electron chi connectivity index (χ3n) is 1.22. The Kier molecular flexibility index (Phi) is 2.62. The Bertz CT molecular complexity index is 297. The number of hydrogen-bond donors (Lipinski definition) is 2. The Labute approximate surface area is 67.9 Å². The van der Waals surface area contributed by atoms with Crippen LogP contribution in [0.3, 0.4) is 0 Å². The summed E-state index contributed by atoms with van der Waals surface area (Å²) in [6.45, 7) is -0.0631. The quantitative estimate of drug-likeness (QED) is 0.619. The Morgan fingerprint density at radius 2 is 2.45 bits per heavy atom. The second-order valence-corrected chi connectivity index (χ2v) is 2.36. The number of aliphatic hydroxyl groups excluding tert-OH is 1. The van der Waals surface area contributed by atoms with Crippen LogP contribution in [0.1, 0.15) is 5.56 Å². The number of aromatic amines is 1. The lowest BCUT2D eigenvalue weighted by molar-refractivity contribution is 0.299. The van der Waals surface area contributed by atoms with E-state index in [1.54, 1.807) is 0 Å². The highest BCUT2D eigenvalue weighted by atomic mass is 35.5. The van der Waals surface area contributed by atoms with Crippen LogP contribution in [0.25, 0.3) is 0 Å². The van der Waals surface area contributed by atoms with Gasteiger partial charge in [0.25, 0.3) is 5.56 Å². The van der Waals surface area contributed by atoms with E-state index in [4.69, 9.17) is 16.7 Å². The number of nitrogens with one attached hydrogen (secondary N) is 1. The molecule has 0 amide bonds. The van der Waals surface area contributed by atoms with Crippen LogP contribution in [-0.4, -0.2) is 21.7 Å². The largest absolute Gasteiger partial charge is 0.396 e. The summed E-state index contributed by atoms with van der Waals surface area (Å²) in [5.74, 6) is 0. The van der Waals surface area contributed by atoms with Crippen molar-refractivity contribution in [2.75, 3.05) is 6.61 Å². The molecule has 60 valence electrons. The molecule has 0 radical (unpaired) electrons. The molecule has 11 heavy (non-hydrogen) atoms. The first-order valence-corrected chi connectivity index (χ1v) is 3.46. The van der Waals surface area contributed by atoms with Gasteiger partial charge in [-0.05, 0) is 11.6 Å². The summed E-state index contributed by atoms with van der Waals surface area (Å²) >= 11 is 5.39. The van der Waals surface area contributed by atoms with Crippen molar-refractivity contribution in [3.8, 4) is 0 Å². The van der Waals surface area contributed by atoms with Crippen molar-refractivity contribution < 1.29 is 5.11 Å². The molecule has 0 unspecified atom stereocenters. The molecule has 0 atom stereocenters. The van der Waals surface area contributed by atoms with Gasteiger partial charge in [-0.25, -0.2) is 4.98 Å². The van der Waals surface area contributed by atoms with Crippen LogP contribution >= 0.6 is 11.6 Å². The van der Waals surface area contributed by atoms with Crippen LogP contribution in [0.2, 0.25) is 5.28 Å². The fourth-order valence-corrected chi connectivity index (χ4v) is 0.833. The van der Waals surface area contributed by atoms with Crippen molar-refractivity contribution in [3.05, 3.63) is 27.4 Å². The molecule has 2 N–H and O–H groups in total.